The van der Waals surface area contributed by atoms with E-state index in [2.05, 4.69) is 4.72 Å². The van der Waals surface area contributed by atoms with Gasteiger partial charge >= 0.3 is 5.97 Å². The van der Waals surface area contributed by atoms with Crippen LogP contribution < -0.4 is 9.46 Å². The molecule has 0 radical (unpaired) electrons. The average molecular weight is 404 g/mol. The number of fused-ring (bicyclic) bond motifs is 1. The van der Waals surface area contributed by atoms with Gasteiger partial charge in [0.25, 0.3) is 0 Å². The summed E-state index contributed by atoms with van der Waals surface area (Å²) in [6, 6.07) is 2.72. The van der Waals surface area contributed by atoms with Gasteiger partial charge < -0.3 is 9.47 Å². The van der Waals surface area contributed by atoms with E-state index in [0.29, 0.717) is 0 Å². The number of esters is 1. The van der Waals surface area contributed by atoms with E-state index in [9.17, 15) is 21.6 Å². The smallest absolute Gasteiger partial charge is 0.340 e. The van der Waals surface area contributed by atoms with Crippen molar-refractivity contribution in [2.24, 2.45) is 0 Å². The van der Waals surface area contributed by atoms with Crippen LogP contribution in [0.2, 0.25) is 0 Å². The standard InChI is InChI=1S/C15H20N2O7S2/c1-6-24-15(18)14-9(2)17(26(5,21)22)12-8-13(23-3)11(7-10(12)14)16-25(4,19)20/h7-8,16H,6H2,1-5H3. The van der Waals surface area contributed by atoms with Crippen molar-refractivity contribution in [2.45, 2.75) is 13.8 Å². The molecule has 1 heterocycles. The number of nitrogens with one attached hydrogen (secondary N) is 1. The third-order valence-corrected chi connectivity index (χ3v) is 5.30. The Bertz CT molecular complexity index is 1080. The van der Waals surface area contributed by atoms with Crippen LogP contribution in [0.3, 0.4) is 0 Å². The summed E-state index contributed by atoms with van der Waals surface area (Å²) in [7, 11) is -6.05. The molecule has 26 heavy (non-hydrogen) atoms. The molecule has 0 saturated heterocycles. The van der Waals surface area contributed by atoms with Crippen molar-refractivity contribution >= 4 is 42.6 Å². The fourth-order valence-electron chi connectivity index (χ4n) is 2.75. The van der Waals surface area contributed by atoms with Crippen LogP contribution in [-0.4, -0.2) is 53.0 Å². The van der Waals surface area contributed by atoms with Gasteiger partial charge in [-0.2, -0.15) is 0 Å². The molecule has 1 N–H and O–H groups in total. The fourth-order valence-corrected chi connectivity index (χ4v) is 4.41. The molecule has 2 rings (SSSR count). The first kappa shape index (κ1) is 20.0. The van der Waals surface area contributed by atoms with Crippen molar-refractivity contribution < 1.29 is 31.1 Å². The zero-order valence-electron chi connectivity index (χ0n) is 15.0. The van der Waals surface area contributed by atoms with E-state index in [1.54, 1.807) is 6.92 Å². The molecule has 9 nitrogen and oxygen atoms in total. The average Bonchev–Trinajstić information content (AvgIpc) is 2.75. The Balaban J connectivity index is 2.96. The lowest BCUT2D eigenvalue weighted by atomic mass is 10.1. The van der Waals surface area contributed by atoms with Gasteiger partial charge in [0, 0.05) is 17.1 Å². The number of benzene rings is 1. The minimum absolute atomic E-state index is 0.0477. The Kier molecular flexibility index (Phi) is 5.24. The summed E-state index contributed by atoms with van der Waals surface area (Å²) in [6.07, 6.45) is 1.97. The predicted octanol–water partition coefficient (Wildman–Crippen LogP) is 1.31. The van der Waals surface area contributed by atoms with Crippen LogP contribution in [0, 0.1) is 6.92 Å². The van der Waals surface area contributed by atoms with E-state index >= 15 is 0 Å². The Morgan fingerprint density at radius 1 is 1.19 bits per heavy atom. The Morgan fingerprint density at radius 2 is 1.81 bits per heavy atom. The molecule has 1 aromatic heterocycles. The van der Waals surface area contributed by atoms with Gasteiger partial charge in [-0.05, 0) is 19.9 Å². The molecule has 11 heteroatoms. The normalized spacial score (nSPS) is 12.2. The first-order valence-corrected chi connectivity index (χ1v) is 11.2. The topological polar surface area (TPSA) is 121 Å². The number of aromatic nitrogens is 1. The molecule has 0 saturated carbocycles. The summed E-state index contributed by atoms with van der Waals surface area (Å²) in [4.78, 5) is 12.4. The van der Waals surface area contributed by atoms with Crippen molar-refractivity contribution in [1.82, 2.24) is 3.97 Å². The minimum Gasteiger partial charge on any atom is -0.494 e. The predicted molar refractivity (Wildman–Crippen MR) is 97.9 cm³/mol. The number of methoxy groups -OCH3 is 1. The molecule has 0 aliphatic rings. The molecule has 1 aromatic carbocycles. The lowest BCUT2D eigenvalue weighted by Gasteiger charge is -2.11. The van der Waals surface area contributed by atoms with Gasteiger partial charge in [-0.1, -0.05) is 0 Å². The molecular formula is C15H20N2O7S2. The Morgan fingerprint density at radius 3 is 2.27 bits per heavy atom. The highest BCUT2D eigenvalue weighted by Crippen LogP contribution is 2.36. The third-order valence-electron chi connectivity index (χ3n) is 3.58. The summed E-state index contributed by atoms with van der Waals surface area (Å²) in [5.41, 5.74) is 0.480. The second-order valence-electron chi connectivity index (χ2n) is 5.65. The second kappa shape index (κ2) is 6.80. The lowest BCUT2D eigenvalue weighted by Crippen LogP contribution is -2.13. The van der Waals surface area contributed by atoms with Crippen LogP contribution in [0.1, 0.15) is 23.0 Å². The molecule has 0 fully saturated rings. The summed E-state index contributed by atoms with van der Waals surface area (Å²) in [5.74, 6) is -0.589. The number of anilines is 1. The monoisotopic (exact) mass is 404 g/mol. The van der Waals surface area contributed by atoms with Crippen LogP contribution in [-0.2, 0) is 24.8 Å². The lowest BCUT2D eigenvalue weighted by molar-refractivity contribution is 0.0528. The Labute approximate surface area is 152 Å². The van der Waals surface area contributed by atoms with Gasteiger partial charge in [-0.25, -0.2) is 25.6 Å². The summed E-state index contributed by atoms with van der Waals surface area (Å²) in [5, 5.41) is 0.235. The number of ether oxygens (including phenoxy) is 2. The highest BCUT2D eigenvalue weighted by atomic mass is 32.2. The van der Waals surface area contributed by atoms with E-state index in [-0.39, 0.29) is 40.2 Å². The summed E-state index contributed by atoms with van der Waals surface area (Å²) >= 11 is 0. The number of nitrogens with zero attached hydrogens (tertiary/aromatic N) is 1. The molecular weight excluding hydrogens is 384 g/mol. The van der Waals surface area contributed by atoms with E-state index in [4.69, 9.17) is 9.47 Å². The van der Waals surface area contributed by atoms with Gasteiger partial charge in [-0.15, -0.1) is 0 Å². The van der Waals surface area contributed by atoms with Crippen LogP contribution in [0.5, 0.6) is 5.75 Å². The minimum atomic E-state index is -3.75. The first-order valence-electron chi connectivity index (χ1n) is 7.49. The highest BCUT2D eigenvalue weighted by molar-refractivity contribution is 7.92. The van der Waals surface area contributed by atoms with E-state index < -0.39 is 26.0 Å². The quantitative estimate of drug-likeness (QED) is 0.721. The maximum atomic E-state index is 12.4. The molecule has 0 aliphatic carbocycles. The van der Waals surface area contributed by atoms with Gasteiger partial charge in [0.15, 0.2) is 0 Å². The van der Waals surface area contributed by atoms with E-state index in [1.165, 1.54) is 26.2 Å². The zero-order valence-corrected chi connectivity index (χ0v) is 16.6. The molecule has 0 unspecified atom stereocenters. The maximum absolute atomic E-state index is 12.4. The molecule has 0 bridgehead atoms. The number of sulfonamides is 1. The molecule has 0 atom stereocenters. The molecule has 144 valence electrons. The summed E-state index contributed by atoms with van der Waals surface area (Å²) in [6.45, 7) is 3.21. The van der Waals surface area contributed by atoms with Crippen molar-refractivity contribution in [3.8, 4) is 5.75 Å². The van der Waals surface area contributed by atoms with Crippen molar-refractivity contribution in [2.75, 3.05) is 31.0 Å². The highest BCUT2D eigenvalue weighted by Gasteiger charge is 2.27. The SMILES string of the molecule is CCOC(=O)c1c(C)n(S(C)(=O)=O)c2cc(OC)c(NS(C)(=O)=O)cc12. The number of carbonyl (C=O) groups is 1. The number of hydrogen-bond acceptors (Lipinski definition) is 7. The van der Waals surface area contributed by atoms with E-state index in [1.807, 2.05) is 0 Å². The maximum Gasteiger partial charge on any atom is 0.340 e. The zero-order chi connectivity index (χ0) is 19.9. The first-order chi connectivity index (χ1) is 11.9. The molecule has 2 aromatic rings. The second-order valence-corrected chi connectivity index (χ2v) is 9.23. The van der Waals surface area contributed by atoms with Gasteiger partial charge in [0.05, 0.1) is 43.0 Å². The van der Waals surface area contributed by atoms with Gasteiger partial charge in [0.1, 0.15) is 5.75 Å². The fraction of sp³-hybridized carbons (Fsp3) is 0.400. The third kappa shape index (κ3) is 3.78. The number of carbonyl (C=O) groups excluding carboxylic acids is 1. The molecule has 0 amide bonds. The molecule has 0 spiro atoms. The molecule has 0 aliphatic heterocycles. The van der Waals surface area contributed by atoms with Crippen LogP contribution >= 0.6 is 0 Å². The van der Waals surface area contributed by atoms with Crippen LogP contribution in [0.25, 0.3) is 10.9 Å². The van der Waals surface area contributed by atoms with E-state index in [0.717, 1.165) is 16.5 Å². The Hall–Kier alpha value is -2.27. The van der Waals surface area contributed by atoms with Gasteiger partial charge in [-0.3, -0.25) is 4.72 Å². The van der Waals surface area contributed by atoms with Gasteiger partial charge in [0.2, 0.25) is 20.0 Å². The van der Waals surface area contributed by atoms with Crippen molar-refractivity contribution in [1.29, 1.82) is 0 Å². The van der Waals surface area contributed by atoms with Crippen LogP contribution in [0.4, 0.5) is 5.69 Å². The number of hydrogen-bond donors (Lipinski definition) is 1. The van der Waals surface area contributed by atoms with Crippen molar-refractivity contribution in [3.63, 3.8) is 0 Å². The summed E-state index contributed by atoms with van der Waals surface area (Å²) < 4.78 is 61.2. The number of rotatable bonds is 6. The largest absolute Gasteiger partial charge is 0.494 e. The van der Waals surface area contributed by atoms with Crippen molar-refractivity contribution in [3.05, 3.63) is 23.4 Å². The van der Waals surface area contributed by atoms with Crippen LogP contribution in [0.15, 0.2) is 12.1 Å².